The van der Waals surface area contributed by atoms with Crippen molar-refractivity contribution < 1.29 is 39.2 Å². The summed E-state index contributed by atoms with van der Waals surface area (Å²) in [6.07, 6.45) is 4.20. The fourth-order valence-electron chi connectivity index (χ4n) is 7.54. The summed E-state index contributed by atoms with van der Waals surface area (Å²) < 4.78 is 16.0. The summed E-state index contributed by atoms with van der Waals surface area (Å²) >= 11 is 0. The summed E-state index contributed by atoms with van der Waals surface area (Å²) in [5, 5.41) is 44.8. The number of primary amides is 1. The van der Waals surface area contributed by atoms with Crippen molar-refractivity contribution in [2.75, 3.05) is 27.2 Å². The molecule has 5 rings (SSSR count). The van der Waals surface area contributed by atoms with Crippen molar-refractivity contribution in [3.05, 3.63) is 45.5 Å². The van der Waals surface area contributed by atoms with E-state index in [9.17, 15) is 34.8 Å². The van der Waals surface area contributed by atoms with Gasteiger partial charge in [0.05, 0.1) is 11.6 Å². The summed E-state index contributed by atoms with van der Waals surface area (Å²) in [7, 11) is 3.06. The predicted octanol–water partition coefficient (Wildman–Crippen LogP) is 2.12. The van der Waals surface area contributed by atoms with E-state index >= 15 is 4.39 Å². The van der Waals surface area contributed by atoms with Crippen molar-refractivity contribution in [1.82, 2.24) is 9.80 Å². The number of carbonyl (C=O) groups excluding carboxylic acids is 3. The summed E-state index contributed by atoms with van der Waals surface area (Å²) in [6.45, 7) is 4.09. The highest BCUT2D eigenvalue weighted by atomic mass is 19.1. The molecule has 11 heteroatoms. The van der Waals surface area contributed by atoms with E-state index in [1.165, 1.54) is 31.5 Å². The third-order valence-electron chi connectivity index (χ3n) is 9.53. The number of fused-ring (bicyclic) bond motifs is 3. The Balaban J connectivity index is 1.55. The largest absolute Gasteiger partial charge is 0.508 e. The zero-order valence-corrected chi connectivity index (χ0v) is 23.6. The van der Waals surface area contributed by atoms with E-state index in [2.05, 4.69) is 11.8 Å². The maximum absolute atomic E-state index is 16.0. The van der Waals surface area contributed by atoms with Gasteiger partial charge in [-0.05, 0) is 70.8 Å². The van der Waals surface area contributed by atoms with Crippen LogP contribution in [0.1, 0.15) is 55.7 Å². The molecule has 222 valence electrons. The number of ketones is 2. The predicted molar refractivity (Wildman–Crippen MR) is 147 cm³/mol. The van der Waals surface area contributed by atoms with Crippen LogP contribution in [-0.2, 0) is 27.3 Å². The molecule has 1 aromatic rings. The lowest BCUT2D eigenvalue weighted by atomic mass is 9.57. The Bertz CT molecular complexity index is 1380. The first-order chi connectivity index (χ1) is 19.3. The van der Waals surface area contributed by atoms with Gasteiger partial charge in [0.2, 0.25) is 5.78 Å². The van der Waals surface area contributed by atoms with E-state index in [-0.39, 0.29) is 35.1 Å². The first-order valence-corrected chi connectivity index (χ1v) is 14.2. The maximum Gasteiger partial charge on any atom is 0.255 e. The summed E-state index contributed by atoms with van der Waals surface area (Å²) in [6, 6.07) is 0.0747. The number of carbonyl (C=O) groups is 3. The number of rotatable bonds is 6. The van der Waals surface area contributed by atoms with Crippen molar-refractivity contribution in [3.8, 4) is 5.75 Å². The van der Waals surface area contributed by atoms with Gasteiger partial charge in [-0.1, -0.05) is 19.8 Å². The highest BCUT2D eigenvalue weighted by molar-refractivity contribution is 6.24. The zero-order valence-electron chi connectivity index (χ0n) is 23.6. The normalized spacial score (nSPS) is 29.1. The number of amides is 1. The van der Waals surface area contributed by atoms with Crippen LogP contribution in [0.3, 0.4) is 0 Å². The molecule has 0 unspecified atom stereocenters. The lowest BCUT2D eigenvalue weighted by molar-refractivity contribution is -0.153. The first-order valence-electron chi connectivity index (χ1n) is 14.2. The van der Waals surface area contributed by atoms with Gasteiger partial charge in [0, 0.05) is 29.2 Å². The number of phenolic OH excluding ortho intramolecular Hbond substituents is 1. The molecule has 1 aliphatic heterocycles. The van der Waals surface area contributed by atoms with Gasteiger partial charge >= 0.3 is 0 Å². The van der Waals surface area contributed by atoms with E-state index in [0.717, 1.165) is 32.4 Å². The van der Waals surface area contributed by atoms with Gasteiger partial charge in [0.15, 0.2) is 11.4 Å². The Labute approximate surface area is 237 Å². The number of nitrogens with zero attached hydrogens (tertiary/aromatic N) is 2. The molecule has 10 nitrogen and oxygen atoms in total. The number of likely N-dealkylation sites (tertiary alicyclic amines) is 1. The fraction of sp³-hybridized carbons (Fsp3) is 0.567. The van der Waals surface area contributed by atoms with Gasteiger partial charge in [0.25, 0.3) is 5.91 Å². The molecule has 2 fully saturated rings. The molecule has 1 saturated heterocycles. The number of benzene rings is 1. The maximum atomic E-state index is 16.0. The number of nitrogens with two attached hydrogens (primary N) is 1. The smallest absolute Gasteiger partial charge is 0.255 e. The number of halogens is 1. The lowest BCUT2D eigenvalue weighted by Gasteiger charge is -2.50. The Morgan fingerprint density at radius 1 is 1.20 bits per heavy atom. The summed E-state index contributed by atoms with van der Waals surface area (Å²) in [4.78, 5) is 42.7. The van der Waals surface area contributed by atoms with E-state index in [0.29, 0.717) is 12.5 Å². The molecule has 41 heavy (non-hydrogen) atoms. The number of piperidine rings is 1. The van der Waals surface area contributed by atoms with Crippen LogP contribution in [0.15, 0.2) is 23.0 Å². The molecular formula is C30H38FN3O7. The Kier molecular flexibility index (Phi) is 7.50. The van der Waals surface area contributed by atoms with E-state index < -0.39 is 69.6 Å². The summed E-state index contributed by atoms with van der Waals surface area (Å²) in [5.74, 6) is -7.41. The van der Waals surface area contributed by atoms with E-state index in [1.807, 2.05) is 0 Å². The van der Waals surface area contributed by atoms with Crippen LogP contribution in [0.25, 0.3) is 5.76 Å². The minimum absolute atomic E-state index is 0.0616. The minimum Gasteiger partial charge on any atom is -0.508 e. The highest BCUT2D eigenvalue weighted by Gasteiger charge is 2.64. The van der Waals surface area contributed by atoms with Gasteiger partial charge in [-0.15, -0.1) is 0 Å². The lowest BCUT2D eigenvalue weighted by Crippen LogP contribution is -2.65. The van der Waals surface area contributed by atoms with Crippen LogP contribution in [0.4, 0.5) is 4.39 Å². The van der Waals surface area contributed by atoms with Crippen molar-refractivity contribution in [1.29, 1.82) is 0 Å². The summed E-state index contributed by atoms with van der Waals surface area (Å²) in [5.41, 5.74) is 1.57. The topological polar surface area (TPSA) is 165 Å². The molecular weight excluding hydrogens is 533 g/mol. The van der Waals surface area contributed by atoms with Gasteiger partial charge in [-0.2, -0.15) is 0 Å². The molecule has 6 N–H and O–H groups in total. The van der Waals surface area contributed by atoms with Crippen LogP contribution in [-0.4, -0.2) is 86.5 Å². The zero-order chi connectivity index (χ0) is 30.0. The van der Waals surface area contributed by atoms with Crippen LogP contribution in [0.2, 0.25) is 0 Å². The molecule has 4 aliphatic rings. The molecule has 0 aromatic heterocycles. The average molecular weight is 572 g/mol. The molecule has 1 saturated carbocycles. The van der Waals surface area contributed by atoms with Crippen LogP contribution >= 0.6 is 0 Å². The van der Waals surface area contributed by atoms with Gasteiger partial charge in [-0.3, -0.25) is 24.2 Å². The van der Waals surface area contributed by atoms with Crippen LogP contribution in [0, 0.1) is 23.6 Å². The molecule has 0 radical (unpaired) electrons. The average Bonchev–Trinajstić information content (AvgIpc) is 2.90. The third kappa shape index (κ3) is 4.45. The quantitative estimate of drug-likeness (QED) is 0.322. The number of Topliss-reactive ketones (excluding diaryl/α,β-unsaturated/α-hetero) is 2. The number of hydrogen-bond donors (Lipinski definition) is 5. The fourth-order valence-corrected chi connectivity index (χ4v) is 7.54. The van der Waals surface area contributed by atoms with E-state index in [1.54, 1.807) is 0 Å². The van der Waals surface area contributed by atoms with Crippen molar-refractivity contribution >= 4 is 23.2 Å². The van der Waals surface area contributed by atoms with Gasteiger partial charge in [0.1, 0.15) is 28.7 Å². The molecule has 0 spiro atoms. The molecule has 1 amide bonds. The molecule has 0 bridgehead atoms. The second-order valence-corrected chi connectivity index (χ2v) is 12.2. The molecule has 3 aliphatic carbocycles. The molecule has 1 aromatic carbocycles. The number of hydrogen-bond acceptors (Lipinski definition) is 9. The van der Waals surface area contributed by atoms with Crippen molar-refractivity contribution in [2.24, 2.45) is 23.5 Å². The number of aliphatic hydroxyl groups excluding tert-OH is 2. The number of aliphatic hydroxyl groups is 3. The second kappa shape index (κ2) is 10.5. The van der Waals surface area contributed by atoms with Crippen LogP contribution < -0.4 is 5.73 Å². The monoisotopic (exact) mass is 571 g/mol. The van der Waals surface area contributed by atoms with Gasteiger partial charge < -0.3 is 26.2 Å². The minimum atomic E-state index is -2.72. The number of likely N-dealkylation sites (N-methyl/N-ethyl adjacent to an activating group) is 1. The first kappa shape index (κ1) is 29.2. The number of aromatic hydroxyl groups is 1. The third-order valence-corrected chi connectivity index (χ3v) is 9.53. The van der Waals surface area contributed by atoms with Gasteiger partial charge in [-0.25, -0.2) is 4.39 Å². The molecule has 4 atom stereocenters. The van der Waals surface area contributed by atoms with Crippen molar-refractivity contribution in [3.63, 3.8) is 0 Å². The second-order valence-electron chi connectivity index (χ2n) is 12.2. The Morgan fingerprint density at radius 2 is 1.85 bits per heavy atom. The van der Waals surface area contributed by atoms with Crippen molar-refractivity contribution in [2.45, 2.75) is 63.6 Å². The highest BCUT2D eigenvalue weighted by Crippen LogP contribution is 2.53. The number of phenols is 1. The standard InChI is InChI=1S/C30H38FN3O7/c1-4-5-14-6-8-34(9-7-14)13-16-12-19(35)21-17(23(16)31)10-15-11-18-24(33(2)3)26(37)22(29(32)40)28(39)30(18,41)27(38)20(15)25(21)36/h12,14-15,18,24,35-36,39,41H,4-11,13H2,1-3H3,(H2,32,40)/t15-,18-,24-,30-/m0/s1. The van der Waals surface area contributed by atoms with E-state index in [4.69, 9.17) is 5.73 Å². The molecule has 1 heterocycles. The van der Waals surface area contributed by atoms with Crippen LogP contribution in [0.5, 0.6) is 5.75 Å². The Morgan fingerprint density at radius 3 is 2.44 bits per heavy atom. The SMILES string of the molecule is CCCC1CCN(Cc2cc(O)c3c(c2F)C[C@H]2C[C@H]4[C@H](N(C)C)C(=O)C(C(N)=O)=C(O)[C@@]4(O)C(=O)C2=C3O)CC1. The Hall–Kier alpha value is -3.28.